The van der Waals surface area contributed by atoms with Crippen molar-refractivity contribution in [1.29, 1.82) is 0 Å². The third-order valence-electron chi connectivity index (χ3n) is 2.49. The van der Waals surface area contributed by atoms with E-state index in [1.165, 1.54) is 0 Å². The maximum absolute atomic E-state index is 11.2. The average Bonchev–Trinajstić information content (AvgIpc) is 2.22. The van der Waals surface area contributed by atoms with E-state index in [0.717, 1.165) is 17.9 Å². The quantitative estimate of drug-likeness (QED) is 0.510. The first-order valence-corrected chi connectivity index (χ1v) is 7.94. The molecule has 0 fully saturated rings. The highest BCUT2D eigenvalue weighted by atomic mass is 33.1. The van der Waals surface area contributed by atoms with Crippen LogP contribution in [-0.2, 0) is 9.59 Å². The second kappa shape index (κ2) is 9.07. The first-order chi connectivity index (χ1) is 7.52. The molecule has 0 saturated carbocycles. The molecule has 0 radical (unpaired) electrons. The lowest BCUT2D eigenvalue weighted by Gasteiger charge is -2.13. The number of likely N-dealkylation sites (N-methyl/N-ethyl adjacent to an activating group) is 1. The number of rotatable bonds is 9. The van der Waals surface area contributed by atoms with Crippen LogP contribution >= 0.6 is 21.6 Å². The molecule has 5 heteroatoms. The van der Waals surface area contributed by atoms with E-state index in [1.54, 1.807) is 42.5 Å². The number of carbonyl (C=O) groups excluding carboxylic acids is 2. The summed E-state index contributed by atoms with van der Waals surface area (Å²) in [4.78, 5) is 22.3. The fourth-order valence-electron chi connectivity index (χ4n) is 1.17. The van der Waals surface area contributed by atoms with E-state index in [2.05, 4.69) is 5.32 Å². The molecule has 94 valence electrons. The highest BCUT2D eigenvalue weighted by molar-refractivity contribution is 8.76. The molecule has 16 heavy (non-hydrogen) atoms. The lowest BCUT2D eigenvalue weighted by molar-refractivity contribution is -0.120. The predicted octanol–water partition coefficient (Wildman–Crippen LogP) is 2.16. The van der Waals surface area contributed by atoms with E-state index in [1.807, 2.05) is 6.92 Å². The smallest absolute Gasteiger partial charge is 0.147 e. The SMILES string of the molecule is CCC(CSSCC(NC)C(C)=O)C(C)=O. The van der Waals surface area contributed by atoms with Crippen LogP contribution in [0.15, 0.2) is 0 Å². The molecule has 2 atom stereocenters. The van der Waals surface area contributed by atoms with E-state index in [0.29, 0.717) is 0 Å². The molecule has 0 rings (SSSR count). The molecule has 0 heterocycles. The number of Topliss-reactive ketones (excluding diaryl/α,β-unsaturated/α-hetero) is 2. The normalized spacial score (nSPS) is 14.5. The van der Waals surface area contributed by atoms with Crippen LogP contribution in [0, 0.1) is 5.92 Å². The van der Waals surface area contributed by atoms with Crippen molar-refractivity contribution < 1.29 is 9.59 Å². The van der Waals surface area contributed by atoms with Crippen LogP contribution in [0.25, 0.3) is 0 Å². The summed E-state index contributed by atoms with van der Waals surface area (Å²) in [6.45, 7) is 5.27. The van der Waals surface area contributed by atoms with Crippen molar-refractivity contribution in [3.05, 3.63) is 0 Å². The Morgan fingerprint density at radius 2 is 1.69 bits per heavy atom. The van der Waals surface area contributed by atoms with Gasteiger partial charge in [0.15, 0.2) is 0 Å². The molecular weight excluding hydrogens is 242 g/mol. The summed E-state index contributed by atoms with van der Waals surface area (Å²) in [5.74, 6) is 2.17. The van der Waals surface area contributed by atoms with Gasteiger partial charge in [0, 0.05) is 17.4 Å². The number of hydrogen-bond donors (Lipinski definition) is 1. The van der Waals surface area contributed by atoms with Crippen LogP contribution < -0.4 is 5.32 Å². The van der Waals surface area contributed by atoms with Gasteiger partial charge in [-0.3, -0.25) is 9.59 Å². The lowest BCUT2D eigenvalue weighted by Crippen LogP contribution is -2.34. The molecule has 0 aliphatic rings. The molecule has 0 aromatic rings. The molecule has 0 bridgehead atoms. The highest BCUT2D eigenvalue weighted by Crippen LogP contribution is 2.26. The maximum Gasteiger partial charge on any atom is 0.147 e. The topological polar surface area (TPSA) is 46.2 Å². The van der Waals surface area contributed by atoms with Gasteiger partial charge in [0.05, 0.1) is 6.04 Å². The van der Waals surface area contributed by atoms with Crippen molar-refractivity contribution in [2.24, 2.45) is 5.92 Å². The minimum Gasteiger partial charge on any atom is -0.310 e. The molecule has 0 aliphatic carbocycles. The first kappa shape index (κ1) is 16.0. The second-order valence-electron chi connectivity index (χ2n) is 3.74. The van der Waals surface area contributed by atoms with E-state index >= 15 is 0 Å². The van der Waals surface area contributed by atoms with E-state index in [-0.39, 0.29) is 23.5 Å². The van der Waals surface area contributed by atoms with Crippen LogP contribution in [0.5, 0.6) is 0 Å². The van der Waals surface area contributed by atoms with Gasteiger partial charge in [0.25, 0.3) is 0 Å². The lowest BCUT2D eigenvalue weighted by atomic mass is 10.1. The Kier molecular flexibility index (Phi) is 9.07. The summed E-state index contributed by atoms with van der Waals surface area (Å²) < 4.78 is 0. The molecule has 1 N–H and O–H groups in total. The van der Waals surface area contributed by atoms with Gasteiger partial charge >= 0.3 is 0 Å². The predicted molar refractivity (Wildman–Crippen MR) is 72.9 cm³/mol. The molecule has 2 unspecified atom stereocenters. The molecule has 0 saturated heterocycles. The molecule has 0 aliphatic heterocycles. The van der Waals surface area contributed by atoms with Crippen molar-refractivity contribution in [2.75, 3.05) is 18.6 Å². The summed E-state index contributed by atoms with van der Waals surface area (Å²) >= 11 is 0. The average molecular weight is 263 g/mol. The Morgan fingerprint density at radius 3 is 2.06 bits per heavy atom. The largest absolute Gasteiger partial charge is 0.310 e. The van der Waals surface area contributed by atoms with Gasteiger partial charge in [-0.15, -0.1) is 0 Å². The van der Waals surface area contributed by atoms with Gasteiger partial charge in [0.2, 0.25) is 0 Å². The van der Waals surface area contributed by atoms with E-state index < -0.39 is 0 Å². The van der Waals surface area contributed by atoms with Crippen LogP contribution in [0.1, 0.15) is 27.2 Å². The Bertz CT molecular complexity index is 210. The zero-order chi connectivity index (χ0) is 12.6. The number of hydrogen-bond acceptors (Lipinski definition) is 5. The van der Waals surface area contributed by atoms with Gasteiger partial charge in [-0.25, -0.2) is 0 Å². The van der Waals surface area contributed by atoms with Crippen molar-refractivity contribution in [2.45, 2.75) is 33.2 Å². The van der Waals surface area contributed by atoms with Gasteiger partial charge < -0.3 is 5.32 Å². The standard InChI is InChI=1S/C11H21NO2S2/c1-5-10(8(2)13)6-15-16-7-11(12-4)9(3)14/h10-12H,5-7H2,1-4H3. The molecule has 0 amide bonds. The number of carbonyl (C=O) groups is 2. The Balaban J connectivity index is 3.73. The van der Waals surface area contributed by atoms with E-state index in [9.17, 15) is 9.59 Å². The second-order valence-corrected chi connectivity index (χ2v) is 6.29. The van der Waals surface area contributed by atoms with Crippen LogP contribution in [0.2, 0.25) is 0 Å². The number of nitrogens with one attached hydrogen (secondary N) is 1. The third kappa shape index (κ3) is 6.55. The molecule has 3 nitrogen and oxygen atoms in total. The third-order valence-corrected chi connectivity index (χ3v) is 4.99. The minimum atomic E-state index is -0.0742. The fraction of sp³-hybridized carbons (Fsp3) is 0.818. The summed E-state index contributed by atoms with van der Waals surface area (Å²) in [6.07, 6.45) is 0.894. The van der Waals surface area contributed by atoms with Crippen molar-refractivity contribution in [3.63, 3.8) is 0 Å². The molecule has 0 aromatic heterocycles. The van der Waals surface area contributed by atoms with E-state index in [4.69, 9.17) is 0 Å². The van der Waals surface area contributed by atoms with Crippen LogP contribution in [0.4, 0.5) is 0 Å². The minimum absolute atomic E-state index is 0.0742. The first-order valence-electron chi connectivity index (χ1n) is 5.45. The van der Waals surface area contributed by atoms with Crippen LogP contribution in [-0.4, -0.2) is 36.2 Å². The summed E-state index contributed by atoms with van der Waals surface area (Å²) in [6, 6.07) is -0.0742. The summed E-state index contributed by atoms with van der Waals surface area (Å²) in [7, 11) is 5.13. The Labute approximate surface area is 106 Å². The fourth-order valence-corrected chi connectivity index (χ4v) is 4.02. The number of ketones is 2. The van der Waals surface area contributed by atoms with Crippen LogP contribution in [0.3, 0.4) is 0 Å². The molecular formula is C11H21NO2S2. The van der Waals surface area contributed by atoms with Gasteiger partial charge in [-0.2, -0.15) is 0 Å². The monoisotopic (exact) mass is 263 g/mol. The molecule has 0 aromatic carbocycles. The van der Waals surface area contributed by atoms with Gasteiger partial charge in [-0.05, 0) is 27.3 Å². The zero-order valence-corrected chi connectivity index (χ0v) is 12.0. The molecule has 0 spiro atoms. The maximum atomic E-state index is 11.2. The van der Waals surface area contributed by atoms with Crippen molar-refractivity contribution in [3.8, 4) is 0 Å². The van der Waals surface area contributed by atoms with Gasteiger partial charge in [0.1, 0.15) is 11.6 Å². The Hall–Kier alpha value is -0.000000000000000111. The van der Waals surface area contributed by atoms with Crippen molar-refractivity contribution in [1.82, 2.24) is 5.32 Å². The van der Waals surface area contributed by atoms with Gasteiger partial charge in [-0.1, -0.05) is 28.5 Å². The summed E-state index contributed by atoms with van der Waals surface area (Å²) in [5.41, 5.74) is 0. The summed E-state index contributed by atoms with van der Waals surface area (Å²) in [5, 5.41) is 2.98. The highest BCUT2D eigenvalue weighted by Gasteiger charge is 2.14. The van der Waals surface area contributed by atoms with Crippen molar-refractivity contribution >= 4 is 33.2 Å². The zero-order valence-electron chi connectivity index (χ0n) is 10.4. The Morgan fingerprint density at radius 1 is 1.12 bits per heavy atom.